The Hall–Kier alpha value is -3.11. The van der Waals surface area contributed by atoms with Gasteiger partial charge in [-0.3, -0.25) is 0 Å². The van der Waals surface area contributed by atoms with Crippen molar-refractivity contribution in [1.29, 1.82) is 0 Å². The molecular weight excluding hydrogens is 402 g/mol. The average molecular weight is 414 g/mol. The van der Waals surface area contributed by atoms with Gasteiger partial charge in [-0.1, -0.05) is 58.4 Å². The number of hydrogen-bond donors (Lipinski definition) is 0. The summed E-state index contributed by atoms with van der Waals surface area (Å²) >= 11 is 3.71. The van der Waals surface area contributed by atoms with Crippen molar-refractivity contribution in [2.45, 2.75) is 0 Å². The highest BCUT2D eigenvalue weighted by Crippen LogP contribution is 2.41. The van der Waals surface area contributed by atoms with E-state index in [1.54, 1.807) is 0 Å². The van der Waals surface area contributed by atoms with Crippen LogP contribution in [-0.4, -0.2) is 4.98 Å². The van der Waals surface area contributed by atoms with Crippen molar-refractivity contribution < 1.29 is 8.83 Å². The highest BCUT2D eigenvalue weighted by atomic mass is 79.9. The summed E-state index contributed by atoms with van der Waals surface area (Å²) < 4.78 is 13.5. The Morgan fingerprint density at radius 1 is 0.704 bits per heavy atom. The second-order valence-electron chi connectivity index (χ2n) is 6.55. The van der Waals surface area contributed by atoms with Crippen LogP contribution in [0.15, 0.2) is 86.1 Å². The number of halogens is 1. The molecule has 0 saturated carbocycles. The van der Waals surface area contributed by atoms with E-state index in [1.807, 2.05) is 54.6 Å². The third-order valence-corrected chi connectivity index (χ3v) is 5.62. The molecule has 2 heterocycles. The average Bonchev–Trinajstić information content (AvgIpc) is 3.30. The van der Waals surface area contributed by atoms with E-state index in [4.69, 9.17) is 8.83 Å². The molecule has 0 atom stereocenters. The zero-order chi connectivity index (χ0) is 18.0. The number of nitrogens with zero attached hydrogens (tertiary/aromatic N) is 1. The first-order valence-corrected chi connectivity index (χ1v) is 9.47. The Kier molecular flexibility index (Phi) is 3.02. The molecule has 4 aromatic carbocycles. The van der Waals surface area contributed by atoms with Crippen LogP contribution in [0.4, 0.5) is 0 Å². The molecule has 0 saturated heterocycles. The van der Waals surface area contributed by atoms with Gasteiger partial charge in [-0.05, 0) is 35.7 Å². The lowest BCUT2D eigenvalue weighted by molar-refractivity contribution is 0.622. The van der Waals surface area contributed by atoms with Gasteiger partial charge in [0, 0.05) is 20.8 Å². The summed E-state index contributed by atoms with van der Waals surface area (Å²) in [7, 11) is 0. The topological polar surface area (TPSA) is 39.2 Å². The predicted molar refractivity (Wildman–Crippen MR) is 112 cm³/mol. The lowest BCUT2D eigenvalue weighted by Gasteiger charge is -2.01. The Bertz CT molecular complexity index is 1480. The predicted octanol–water partition coefficient (Wildman–Crippen LogP) is 7.31. The molecule has 0 amide bonds. The molecule has 0 aliphatic carbocycles. The fourth-order valence-electron chi connectivity index (χ4n) is 3.73. The van der Waals surface area contributed by atoms with Crippen LogP contribution in [0.25, 0.3) is 55.3 Å². The molecule has 128 valence electrons. The van der Waals surface area contributed by atoms with Crippen molar-refractivity contribution in [1.82, 2.24) is 4.98 Å². The van der Waals surface area contributed by atoms with Crippen LogP contribution in [0, 0.1) is 0 Å². The molecule has 0 N–H and O–H groups in total. The molecule has 6 rings (SSSR count). The minimum absolute atomic E-state index is 0.618. The number of oxazole rings is 1. The SMILES string of the molecule is Brc1cc2c(oc3ccc4nc(-c5ccccc5)oc4c32)c2ccccc12. The number of aromatic nitrogens is 1. The molecule has 0 fully saturated rings. The van der Waals surface area contributed by atoms with Gasteiger partial charge in [0.25, 0.3) is 0 Å². The van der Waals surface area contributed by atoms with Crippen molar-refractivity contribution in [3.05, 3.63) is 77.3 Å². The lowest BCUT2D eigenvalue weighted by atomic mass is 10.1. The Morgan fingerprint density at radius 2 is 1.48 bits per heavy atom. The molecule has 0 spiro atoms. The van der Waals surface area contributed by atoms with Crippen LogP contribution in [0.2, 0.25) is 0 Å². The van der Waals surface area contributed by atoms with Gasteiger partial charge in [0.2, 0.25) is 5.89 Å². The molecule has 0 unspecified atom stereocenters. The van der Waals surface area contributed by atoms with Crippen LogP contribution in [0.3, 0.4) is 0 Å². The van der Waals surface area contributed by atoms with Gasteiger partial charge in [-0.25, -0.2) is 4.98 Å². The monoisotopic (exact) mass is 413 g/mol. The second kappa shape index (κ2) is 5.44. The maximum atomic E-state index is 6.24. The number of furan rings is 1. The Balaban J connectivity index is 1.76. The Labute approximate surface area is 162 Å². The zero-order valence-corrected chi connectivity index (χ0v) is 15.7. The normalized spacial score (nSPS) is 11.9. The molecule has 2 aromatic heterocycles. The van der Waals surface area contributed by atoms with Gasteiger partial charge < -0.3 is 8.83 Å². The van der Waals surface area contributed by atoms with Crippen molar-refractivity contribution in [2.75, 3.05) is 0 Å². The van der Waals surface area contributed by atoms with Crippen LogP contribution in [-0.2, 0) is 0 Å². The van der Waals surface area contributed by atoms with Crippen LogP contribution >= 0.6 is 15.9 Å². The highest BCUT2D eigenvalue weighted by molar-refractivity contribution is 9.10. The van der Waals surface area contributed by atoms with Gasteiger partial charge >= 0.3 is 0 Å². The molecule has 0 bridgehead atoms. The molecule has 0 aliphatic rings. The standard InChI is InChI=1S/C23H12BrNO2/c24-17-12-16-20-19(26-21(16)15-9-5-4-8-14(15)17)11-10-18-22(20)27-23(25-18)13-6-2-1-3-7-13/h1-12H. The first kappa shape index (κ1) is 15.0. The van der Waals surface area contributed by atoms with Gasteiger partial charge in [0.15, 0.2) is 5.58 Å². The fraction of sp³-hybridized carbons (Fsp3) is 0. The van der Waals surface area contributed by atoms with Crippen molar-refractivity contribution in [2.24, 2.45) is 0 Å². The summed E-state index contributed by atoms with van der Waals surface area (Å²) in [5.74, 6) is 0.618. The van der Waals surface area contributed by atoms with Crippen LogP contribution in [0.5, 0.6) is 0 Å². The summed E-state index contributed by atoms with van der Waals surface area (Å²) in [5.41, 5.74) is 4.22. The third kappa shape index (κ3) is 2.10. The first-order chi connectivity index (χ1) is 13.3. The molecule has 27 heavy (non-hydrogen) atoms. The number of benzene rings is 4. The second-order valence-corrected chi connectivity index (χ2v) is 7.41. The summed E-state index contributed by atoms with van der Waals surface area (Å²) in [5, 5.41) is 4.19. The quantitative estimate of drug-likeness (QED) is 0.283. The van der Waals surface area contributed by atoms with E-state index in [0.29, 0.717) is 5.89 Å². The van der Waals surface area contributed by atoms with Gasteiger partial charge in [-0.15, -0.1) is 0 Å². The molecule has 3 nitrogen and oxygen atoms in total. The minimum atomic E-state index is 0.618. The van der Waals surface area contributed by atoms with E-state index in [2.05, 4.69) is 39.1 Å². The van der Waals surface area contributed by atoms with Crippen molar-refractivity contribution in [3.63, 3.8) is 0 Å². The van der Waals surface area contributed by atoms with E-state index >= 15 is 0 Å². The van der Waals surface area contributed by atoms with Crippen molar-refractivity contribution in [3.8, 4) is 11.5 Å². The maximum absolute atomic E-state index is 6.24. The summed E-state index contributed by atoms with van der Waals surface area (Å²) in [6.45, 7) is 0. The lowest BCUT2D eigenvalue weighted by Crippen LogP contribution is -1.76. The summed E-state index contributed by atoms with van der Waals surface area (Å²) in [6.07, 6.45) is 0. The first-order valence-electron chi connectivity index (χ1n) is 8.68. The van der Waals surface area contributed by atoms with Crippen molar-refractivity contribution >= 4 is 59.7 Å². The molecule has 0 aliphatic heterocycles. The highest BCUT2D eigenvalue weighted by Gasteiger charge is 2.18. The minimum Gasteiger partial charge on any atom is -0.455 e. The molecule has 4 heteroatoms. The van der Waals surface area contributed by atoms with Crippen LogP contribution in [0.1, 0.15) is 0 Å². The van der Waals surface area contributed by atoms with Gasteiger partial charge in [-0.2, -0.15) is 0 Å². The number of hydrogen-bond acceptors (Lipinski definition) is 3. The van der Waals surface area contributed by atoms with E-state index in [0.717, 1.165) is 53.8 Å². The molecule has 0 radical (unpaired) electrons. The zero-order valence-electron chi connectivity index (χ0n) is 14.1. The van der Waals surface area contributed by atoms with Crippen LogP contribution < -0.4 is 0 Å². The van der Waals surface area contributed by atoms with Gasteiger partial charge in [0.05, 0.1) is 5.39 Å². The molecular formula is C23H12BrNO2. The van der Waals surface area contributed by atoms with E-state index in [-0.39, 0.29) is 0 Å². The smallest absolute Gasteiger partial charge is 0.227 e. The van der Waals surface area contributed by atoms with E-state index in [9.17, 15) is 0 Å². The summed E-state index contributed by atoms with van der Waals surface area (Å²) in [6, 6.07) is 24.2. The third-order valence-electron chi connectivity index (χ3n) is 4.97. The number of rotatable bonds is 1. The van der Waals surface area contributed by atoms with Gasteiger partial charge in [0.1, 0.15) is 16.7 Å². The van der Waals surface area contributed by atoms with E-state index in [1.165, 1.54) is 0 Å². The van der Waals surface area contributed by atoms with E-state index < -0.39 is 0 Å². The fourth-order valence-corrected chi connectivity index (χ4v) is 4.30. The maximum Gasteiger partial charge on any atom is 0.227 e. The largest absolute Gasteiger partial charge is 0.455 e. The Morgan fingerprint density at radius 3 is 2.33 bits per heavy atom. The number of fused-ring (bicyclic) bond motifs is 7. The molecule has 6 aromatic rings. The summed E-state index contributed by atoms with van der Waals surface area (Å²) in [4.78, 5) is 4.68.